The molecule has 0 radical (unpaired) electrons. The van der Waals surface area contributed by atoms with Gasteiger partial charge in [-0.25, -0.2) is 0 Å². The highest BCUT2D eigenvalue weighted by Crippen LogP contribution is 2.24. The Bertz CT molecular complexity index is 442. The summed E-state index contributed by atoms with van der Waals surface area (Å²) in [7, 11) is 1.95. The summed E-state index contributed by atoms with van der Waals surface area (Å²) < 4.78 is 0. The highest BCUT2D eigenvalue weighted by Gasteiger charge is 2.24. The monoisotopic (exact) mass is 276 g/mol. The van der Waals surface area contributed by atoms with Crippen molar-refractivity contribution in [2.75, 3.05) is 25.0 Å². The quantitative estimate of drug-likeness (QED) is 0.854. The minimum absolute atomic E-state index is 0.0378. The van der Waals surface area contributed by atoms with Gasteiger partial charge >= 0.3 is 0 Å². The molecule has 1 fully saturated rings. The summed E-state index contributed by atoms with van der Waals surface area (Å²) in [6.45, 7) is 3.81. The number of primary amides is 1. The van der Waals surface area contributed by atoms with Gasteiger partial charge in [-0.1, -0.05) is 6.92 Å². The summed E-state index contributed by atoms with van der Waals surface area (Å²) in [6, 6.07) is 4.45. The number of piperidine rings is 1. The highest BCUT2D eigenvalue weighted by atomic mass is 16.1. The Balaban J connectivity index is 2.07. The van der Waals surface area contributed by atoms with E-state index in [9.17, 15) is 4.79 Å². The number of amides is 1. The summed E-state index contributed by atoms with van der Waals surface area (Å²) in [5, 5.41) is 3.25. The zero-order chi connectivity index (χ0) is 14.5. The van der Waals surface area contributed by atoms with Gasteiger partial charge in [0.2, 0.25) is 5.91 Å². The predicted molar refractivity (Wildman–Crippen MR) is 80.5 cm³/mol. The number of anilines is 1. The Morgan fingerprint density at radius 2 is 2.40 bits per heavy atom. The largest absolute Gasteiger partial charge is 0.369 e. The van der Waals surface area contributed by atoms with E-state index in [-0.39, 0.29) is 11.8 Å². The third kappa shape index (κ3) is 3.28. The molecule has 2 unspecified atom stereocenters. The van der Waals surface area contributed by atoms with Crippen molar-refractivity contribution in [3.8, 4) is 0 Å². The third-order valence-electron chi connectivity index (χ3n) is 4.07. The number of carbonyl (C=O) groups excluding carboxylic acids is 1. The minimum atomic E-state index is -0.194. The van der Waals surface area contributed by atoms with Crippen LogP contribution in [0.25, 0.3) is 0 Å². The van der Waals surface area contributed by atoms with E-state index in [2.05, 4.69) is 34.3 Å². The smallest absolute Gasteiger partial charge is 0.222 e. The molecular formula is C15H24N4O. The molecule has 2 atom stereocenters. The van der Waals surface area contributed by atoms with Crippen molar-refractivity contribution in [2.24, 2.45) is 11.7 Å². The number of carbonyl (C=O) groups is 1. The van der Waals surface area contributed by atoms with Gasteiger partial charge in [0.15, 0.2) is 0 Å². The second-order valence-corrected chi connectivity index (χ2v) is 5.38. The lowest BCUT2D eigenvalue weighted by molar-refractivity contribution is -0.122. The molecular weight excluding hydrogens is 252 g/mol. The zero-order valence-corrected chi connectivity index (χ0v) is 12.3. The van der Waals surface area contributed by atoms with Crippen LogP contribution in [0.1, 0.15) is 37.9 Å². The average Bonchev–Trinajstić information content (AvgIpc) is 2.49. The van der Waals surface area contributed by atoms with E-state index in [1.165, 1.54) is 0 Å². The first-order valence-electron chi connectivity index (χ1n) is 7.33. The van der Waals surface area contributed by atoms with Crippen LogP contribution in [0.5, 0.6) is 0 Å². The normalized spacial score (nSPS) is 20.7. The maximum atomic E-state index is 11.3. The van der Waals surface area contributed by atoms with Crippen molar-refractivity contribution in [3.63, 3.8) is 0 Å². The Hall–Kier alpha value is -1.62. The van der Waals surface area contributed by atoms with Gasteiger partial charge in [0.1, 0.15) is 0 Å². The molecule has 1 aliphatic heterocycles. The van der Waals surface area contributed by atoms with Gasteiger partial charge in [0.05, 0.1) is 23.5 Å². The topological polar surface area (TPSA) is 71.2 Å². The summed E-state index contributed by atoms with van der Waals surface area (Å²) >= 11 is 0. The lowest BCUT2D eigenvalue weighted by Gasteiger charge is -2.32. The standard InChI is InChI=1S/C15H24N4O/c1-3-13(17-2)14-7-6-12(9-18-14)19-8-4-5-11(10-19)15(16)20/h6-7,9,11,13,17H,3-5,8,10H2,1-2H3,(H2,16,20). The fourth-order valence-corrected chi connectivity index (χ4v) is 2.80. The van der Waals surface area contributed by atoms with Crippen molar-refractivity contribution in [2.45, 2.75) is 32.2 Å². The van der Waals surface area contributed by atoms with Crippen molar-refractivity contribution in [1.82, 2.24) is 10.3 Å². The molecule has 110 valence electrons. The Morgan fingerprint density at radius 3 is 2.95 bits per heavy atom. The van der Waals surface area contributed by atoms with Crippen LogP contribution in [0.3, 0.4) is 0 Å². The zero-order valence-electron chi connectivity index (χ0n) is 12.3. The molecule has 3 N–H and O–H groups in total. The number of rotatable bonds is 5. The number of hydrogen-bond donors (Lipinski definition) is 2. The number of hydrogen-bond acceptors (Lipinski definition) is 4. The summed E-state index contributed by atoms with van der Waals surface area (Å²) in [4.78, 5) is 18.1. The maximum absolute atomic E-state index is 11.3. The van der Waals surface area contributed by atoms with Crippen LogP contribution in [0.15, 0.2) is 18.3 Å². The molecule has 20 heavy (non-hydrogen) atoms. The molecule has 2 rings (SSSR count). The first-order chi connectivity index (χ1) is 9.65. The van der Waals surface area contributed by atoms with E-state index in [1.54, 1.807) is 0 Å². The first-order valence-corrected chi connectivity index (χ1v) is 7.33. The SMILES string of the molecule is CCC(NC)c1ccc(N2CCCC(C(N)=O)C2)cn1. The lowest BCUT2D eigenvalue weighted by atomic mass is 9.97. The van der Waals surface area contributed by atoms with Crippen LogP contribution >= 0.6 is 0 Å². The summed E-state index contributed by atoms with van der Waals surface area (Å²) in [5.41, 5.74) is 7.55. The molecule has 0 saturated carbocycles. The average molecular weight is 276 g/mol. The molecule has 1 aromatic rings. The van der Waals surface area contributed by atoms with Gasteiger partial charge in [-0.2, -0.15) is 0 Å². The van der Waals surface area contributed by atoms with Gasteiger partial charge in [-0.05, 0) is 38.4 Å². The predicted octanol–water partition coefficient (Wildman–Crippen LogP) is 1.45. The molecule has 1 saturated heterocycles. The minimum Gasteiger partial charge on any atom is -0.369 e. The van der Waals surface area contributed by atoms with Crippen LogP contribution in [0.4, 0.5) is 5.69 Å². The molecule has 1 amide bonds. The Kier molecular flexibility index (Phi) is 4.95. The molecule has 0 spiro atoms. The number of pyridine rings is 1. The van der Waals surface area contributed by atoms with Crippen LogP contribution in [-0.4, -0.2) is 31.0 Å². The van der Waals surface area contributed by atoms with Gasteiger partial charge in [-0.15, -0.1) is 0 Å². The van der Waals surface area contributed by atoms with Gasteiger partial charge < -0.3 is 16.0 Å². The van der Waals surface area contributed by atoms with Gasteiger partial charge in [0.25, 0.3) is 0 Å². The molecule has 0 aliphatic carbocycles. The lowest BCUT2D eigenvalue weighted by Crippen LogP contribution is -2.41. The van der Waals surface area contributed by atoms with Crippen molar-refractivity contribution < 1.29 is 4.79 Å². The van der Waals surface area contributed by atoms with E-state index in [4.69, 9.17) is 5.73 Å². The molecule has 0 aromatic carbocycles. The molecule has 5 heteroatoms. The maximum Gasteiger partial charge on any atom is 0.222 e. The Labute approximate surface area is 120 Å². The number of nitrogens with two attached hydrogens (primary N) is 1. The molecule has 2 heterocycles. The molecule has 1 aliphatic rings. The molecule has 5 nitrogen and oxygen atoms in total. The number of nitrogens with zero attached hydrogens (tertiary/aromatic N) is 2. The Morgan fingerprint density at radius 1 is 1.60 bits per heavy atom. The third-order valence-corrected chi connectivity index (χ3v) is 4.07. The second kappa shape index (κ2) is 6.70. The van der Waals surface area contributed by atoms with Crippen LogP contribution < -0.4 is 16.0 Å². The second-order valence-electron chi connectivity index (χ2n) is 5.38. The number of nitrogens with one attached hydrogen (secondary N) is 1. The first kappa shape index (κ1) is 14.8. The molecule has 1 aromatic heterocycles. The van der Waals surface area contributed by atoms with E-state index in [0.717, 1.165) is 37.2 Å². The summed E-state index contributed by atoms with van der Waals surface area (Å²) in [6.07, 6.45) is 4.81. The summed E-state index contributed by atoms with van der Waals surface area (Å²) in [5.74, 6) is -0.232. The van der Waals surface area contributed by atoms with Crippen LogP contribution in [0, 0.1) is 5.92 Å². The van der Waals surface area contributed by atoms with E-state index >= 15 is 0 Å². The molecule has 0 bridgehead atoms. The van der Waals surface area contributed by atoms with Gasteiger partial charge in [-0.3, -0.25) is 9.78 Å². The van der Waals surface area contributed by atoms with Crippen LogP contribution in [0.2, 0.25) is 0 Å². The van der Waals surface area contributed by atoms with E-state index in [0.29, 0.717) is 12.6 Å². The van der Waals surface area contributed by atoms with Crippen molar-refractivity contribution >= 4 is 11.6 Å². The van der Waals surface area contributed by atoms with Crippen LogP contribution in [-0.2, 0) is 4.79 Å². The number of aromatic nitrogens is 1. The van der Waals surface area contributed by atoms with Gasteiger partial charge in [0, 0.05) is 19.1 Å². The fraction of sp³-hybridized carbons (Fsp3) is 0.600. The van der Waals surface area contributed by atoms with E-state index in [1.807, 2.05) is 13.2 Å². The van der Waals surface area contributed by atoms with Crippen molar-refractivity contribution in [1.29, 1.82) is 0 Å². The fourth-order valence-electron chi connectivity index (χ4n) is 2.80. The van der Waals surface area contributed by atoms with E-state index < -0.39 is 0 Å². The van der Waals surface area contributed by atoms with Crippen molar-refractivity contribution in [3.05, 3.63) is 24.0 Å². The highest BCUT2D eigenvalue weighted by molar-refractivity contribution is 5.77.